The van der Waals surface area contributed by atoms with Crippen LogP contribution in [0.5, 0.6) is 5.75 Å². The van der Waals surface area contributed by atoms with Crippen LogP contribution in [0.3, 0.4) is 0 Å². The monoisotopic (exact) mass is 333 g/mol. The van der Waals surface area contributed by atoms with Crippen molar-refractivity contribution in [3.63, 3.8) is 0 Å². The summed E-state index contributed by atoms with van der Waals surface area (Å²) in [6.45, 7) is 1.74. The van der Waals surface area contributed by atoms with Gasteiger partial charge in [0.05, 0.1) is 0 Å². The van der Waals surface area contributed by atoms with E-state index < -0.39 is 0 Å². The zero-order chi connectivity index (χ0) is 15.2. The quantitative estimate of drug-likeness (QED) is 0.851. The fourth-order valence-electron chi connectivity index (χ4n) is 2.47. The molecule has 1 atom stereocenters. The number of thioether (sulfide) groups is 1. The summed E-state index contributed by atoms with van der Waals surface area (Å²) in [6.07, 6.45) is 1.02. The minimum absolute atomic E-state index is 0.0799. The van der Waals surface area contributed by atoms with Gasteiger partial charge < -0.3 is 9.64 Å². The Balaban J connectivity index is 1.51. The van der Waals surface area contributed by atoms with Crippen LogP contribution in [0.25, 0.3) is 0 Å². The molecule has 0 spiro atoms. The van der Waals surface area contributed by atoms with Crippen LogP contribution in [-0.4, -0.2) is 36.3 Å². The van der Waals surface area contributed by atoms with Gasteiger partial charge >= 0.3 is 0 Å². The van der Waals surface area contributed by atoms with Crippen LogP contribution in [0.4, 0.5) is 0 Å². The fourth-order valence-corrected chi connectivity index (χ4v) is 4.71. The SMILES string of the molecule is O=C(COc1ccccc1)N1CCS[C@@H](c2cccs2)CC1. The molecule has 2 aromatic rings. The third-order valence-corrected chi connectivity index (χ3v) is 6.11. The summed E-state index contributed by atoms with van der Waals surface area (Å²) in [5.41, 5.74) is 0. The van der Waals surface area contributed by atoms with Crippen LogP contribution in [-0.2, 0) is 4.79 Å². The number of carbonyl (C=O) groups excluding carboxylic acids is 1. The molecular weight excluding hydrogens is 314 g/mol. The van der Waals surface area contributed by atoms with Crippen molar-refractivity contribution in [2.45, 2.75) is 11.7 Å². The first-order valence-corrected chi connectivity index (χ1v) is 9.36. The van der Waals surface area contributed by atoms with E-state index in [2.05, 4.69) is 17.5 Å². The molecule has 2 heterocycles. The molecule has 3 nitrogen and oxygen atoms in total. The van der Waals surface area contributed by atoms with E-state index in [0.29, 0.717) is 5.25 Å². The van der Waals surface area contributed by atoms with Crippen LogP contribution in [0.2, 0.25) is 0 Å². The standard InChI is InChI=1S/C17H19NO2S2/c19-17(13-20-14-5-2-1-3-6-14)18-9-8-16(22-12-10-18)15-7-4-11-21-15/h1-7,11,16H,8-10,12-13H2/t16-/m1/s1. The lowest BCUT2D eigenvalue weighted by atomic mass is 10.2. The van der Waals surface area contributed by atoms with Gasteiger partial charge in [-0.15, -0.1) is 11.3 Å². The molecular formula is C17H19NO2S2. The summed E-state index contributed by atoms with van der Waals surface area (Å²) in [6, 6.07) is 13.8. The molecule has 0 saturated carbocycles. The molecule has 1 saturated heterocycles. The zero-order valence-electron chi connectivity index (χ0n) is 12.3. The van der Waals surface area contributed by atoms with Crippen molar-refractivity contribution >= 4 is 29.0 Å². The Morgan fingerprint density at radius 3 is 2.82 bits per heavy atom. The summed E-state index contributed by atoms with van der Waals surface area (Å²) in [7, 11) is 0. The summed E-state index contributed by atoms with van der Waals surface area (Å²) in [4.78, 5) is 15.7. The van der Waals surface area contributed by atoms with E-state index in [1.54, 1.807) is 11.3 Å². The van der Waals surface area contributed by atoms with Crippen LogP contribution in [0.1, 0.15) is 16.5 Å². The number of carbonyl (C=O) groups is 1. The summed E-state index contributed by atoms with van der Waals surface area (Å²) in [5.74, 6) is 1.81. The maximum atomic E-state index is 12.3. The molecule has 0 unspecified atom stereocenters. The van der Waals surface area contributed by atoms with Crippen LogP contribution >= 0.6 is 23.1 Å². The van der Waals surface area contributed by atoms with E-state index in [4.69, 9.17) is 4.74 Å². The van der Waals surface area contributed by atoms with E-state index in [9.17, 15) is 4.79 Å². The molecule has 1 aliphatic rings. The van der Waals surface area contributed by atoms with E-state index in [0.717, 1.165) is 31.0 Å². The van der Waals surface area contributed by atoms with Crippen molar-refractivity contribution in [1.82, 2.24) is 4.90 Å². The molecule has 0 radical (unpaired) electrons. The Bertz CT molecular complexity index is 586. The maximum absolute atomic E-state index is 12.3. The second-order valence-corrected chi connectivity index (χ2v) is 7.44. The van der Waals surface area contributed by atoms with Gasteiger partial charge in [0.2, 0.25) is 0 Å². The van der Waals surface area contributed by atoms with E-state index in [1.807, 2.05) is 47.0 Å². The molecule has 0 bridgehead atoms. The van der Waals surface area contributed by atoms with Gasteiger partial charge in [-0.1, -0.05) is 24.3 Å². The first-order chi connectivity index (χ1) is 10.8. The Kier molecular flexibility index (Phi) is 5.40. The lowest BCUT2D eigenvalue weighted by Gasteiger charge is -2.20. The number of nitrogens with zero attached hydrogens (tertiary/aromatic N) is 1. The topological polar surface area (TPSA) is 29.5 Å². The lowest BCUT2D eigenvalue weighted by molar-refractivity contribution is -0.133. The van der Waals surface area contributed by atoms with Gasteiger partial charge in [0.15, 0.2) is 6.61 Å². The second-order valence-electron chi connectivity index (χ2n) is 5.15. The van der Waals surface area contributed by atoms with Gasteiger partial charge in [-0.3, -0.25) is 4.79 Å². The van der Waals surface area contributed by atoms with Gasteiger partial charge in [-0.05, 0) is 30.0 Å². The van der Waals surface area contributed by atoms with Gasteiger partial charge in [-0.25, -0.2) is 0 Å². The summed E-state index contributed by atoms with van der Waals surface area (Å²) >= 11 is 3.76. The summed E-state index contributed by atoms with van der Waals surface area (Å²) < 4.78 is 5.56. The number of ether oxygens (including phenoxy) is 1. The number of benzene rings is 1. The predicted octanol–water partition coefficient (Wildman–Crippen LogP) is 3.83. The molecule has 5 heteroatoms. The second kappa shape index (κ2) is 7.70. The van der Waals surface area contributed by atoms with Crippen molar-refractivity contribution in [2.24, 2.45) is 0 Å². The summed E-state index contributed by atoms with van der Waals surface area (Å²) in [5, 5.41) is 2.64. The zero-order valence-corrected chi connectivity index (χ0v) is 13.9. The van der Waals surface area contributed by atoms with Crippen molar-refractivity contribution in [1.29, 1.82) is 0 Å². The molecule has 0 N–H and O–H groups in total. The highest BCUT2D eigenvalue weighted by Gasteiger charge is 2.22. The average molecular weight is 333 g/mol. The largest absolute Gasteiger partial charge is 0.484 e. The number of hydrogen-bond acceptors (Lipinski definition) is 4. The maximum Gasteiger partial charge on any atom is 0.260 e. The molecule has 116 valence electrons. The first kappa shape index (κ1) is 15.4. The molecule has 1 aliphatic heterocycles. The number of thiophene rings is 1. The predicted molar refractivity (Wildman–Crippen MR) is 92.7 cm³/mol. The Morgan fingerprint density at radius 1 is 1.18 bits per heavy atom. The molecule has 1 aromatic heterocycles. The van der Waals surface area contributed by atoms with E-state index in [-0.39, 0.29) is 12.5 Å². The highest BCUT2D eigenvalue weighted by atomic mass is 32.2. The first-order valence-electron chi connectivity index (χ1n) is 7.43. The number of para-hydroxylation sites is 1. The van der Waals surface area contributed by atoms with Gasteiger partial charge in [0.25, 0.3) is 5.91 Å². The smallest absolute Gasteiger partial charge is 0.260 e. The van der Waals surface area contributed by atoms with Gasteiger partial charge in [0.1, 0.15) is 5.75 Å². The van der Waals surface area contributed by atoms with Gasteiger partial charge in [-0.2, -0.15) is 11.8 Å². The molecule has 0 aliphatic carbocycles. The fraction of sp³-hybridized carbons (Fsp3) is 0.353. The molecule has 22 heavy (non-hydrogen) atoms. The Labute approximate surface area is 139 Å². The molecule has 3 rings (SSSR count). The third kappa shape index (κ3) is 4.05. The molecule has 1 aromatic carbocycles. The van der Waals surface area contributed by atoms with Crippen molar-refractivity contribution < 1.29 is 9.53 Å². The lowest BCUT2D eigenvalue weighted by Crippen LogP contribution is -2.36. The molecule has 1 fully saturated rings. The minimum Gasteiger partial charge on any atom is -0.484 e. The highest BCUT2D eigenvalue weighted by Crippen LogP contribution is 2.36. The van der Waals surface area contributed by atoms with Crippen molar-refractivity contribution in [3.05, 3.63) is 52.7 Å². The third-order valence-electron chi connectivity index (χ3n) is 3.66. The van der Waals surface area contributed by atoms with Crippen LogP contribution in [0, 0.1) is 0 Å². The van der Waals surface area contributed by atoms with Crippen LogP contribution in [0.15, 0.2) is 47.8 Å². The van der Waals surface area contributed by atoms with E-state index in [1.165, 1.54) is 4.88 Å². The van der Waals surface area contributed by atoms with Crippen molar-refractivity contribution in [2.75, 3.05) is 25.4 Å². The average Bonchev–Trinajstić information content (AvgIpc) is 2.98. The molecule has 1 amide bonds. The van der Waals surface area contributed by atoms with Gasteiger partial charge in [0, 0.05) is 29.0 Å². The van der Waals surface area contributed by atoms with E-state index >= 15 is 0 Å². The normalized spacial score (nSPS) is 18.7. The Morgan fingerprint density at radius 2 is 2.05 bits per heavy atom. The number of rotatable bonds is 4. The van der Waals surface area contributed by atoms with Crippen molar-refractivity contribution in [3.8, 4) is 5.75 Å². The van der Waals surface area contributed by atoms with Crippen LogP contribution < -0.4 is 4.74 Å². The Hall–Kier alpha value is -1.46. The highest BCUT2D eigenvalue weighted by molar-refractivity contribution is 7.99. The number of amides is 1. The number of hydrogen-bond donors (Lipinski definition) is 0. The minimum atomic E-state index is 0.0799.